The highest BCUT2D eigenvalue weighted by atomic mass is 15.2. The Balaban J connectivity index is 2.01. The van der Waals surface area contributed by atoms with Gasteiger partial charge in [-0.2, -0.15) is 0 Å². The molecule has 3 nitrogen and oxygen atoms in total. The zero-order valence-corrected chi connectivity index (χ0v) is 10.2. The van der Waals surface area contributed by atoms with Crippen molar-refractivity contribution in [1.29, 1.82) is 0 Å². The van der Waals surface area contributed by atoms with E-state index in [4.69, 9.17) is 0 Å². The Hall–Kier alpha value is -0.930. The van der Waals surface area contributed by atoms with Crippen LogP contribution >= 0.6 is 0 Å². The van der Waals surface area contributed by atoms with Crippen LogP contribution in [0.3, 0.4) is 0 Å². The number of nitrogens with zero attached hydrogens (tertiary/aromatic N) is 2. The molecule has 0 aliphatic carbocycles. The third kappa shape index (κ3) is 2.80. The van der Waals surface area contributed by atoms with Gasteiger partial charge in [0.15, 0.2) is 0 Å². The molecule has 16 heavy (non-hydrogen) atoms. The molecule has 88 valence electrons. The normalized spacial score (nSPS) is 18.6. The number of hydrogen-bond acceptors (Lipinski definition) is 3. The first-order valence-corrected chi connectivity index (χ1v) is 6.04. The SMILES string of the molecule is CC(C)(Cc1ccccn1)N1CCNCC1. The number of hydrogen-bond donors (Lipinski definition) is 1. The van der Waals surface area contributed by atoms with Crippen molar-refractivity contribution in [3.05, 3.63) is 30.1 Å². The smallest absolute Gasteiger partial charge is 0.0421 e. The molecule has 1 saturated heterocycles. The van der Waals surface area contributed by atoms with E-state index in [2.05, 4.69) is 41.2 Å². The molecule has 0 saturated carbocycles. The number of aromatic nitrogens is 1. The first-order valence-electron chi connectivity index (χ1n) is 6.04. The molecule has 2 heterocycles. The molecule has 0 aromatic carbocycles. The van der Waals surface area contributed by atoms with Gasteiger partial charge in [-0.1, -0.05) is 6.07 Å². The van der Waals surface area contributed by atoms with E-state index in [-0.39, 0.29) is 5.54 Å². The molecule has 0 atom stereocenters. The molecular formula is C13H21N3. The maximum Gasteiger partial charge on any atom is 0.0421 e. The van der Waals surface area contributed by atoms with E-state index < -0.39 is 0 Å². The zero-order valence-electron chi connectivity index (χ0n) is 10.2. The van der Waals surface area contributed by atoms with Crippen LogP contribution in [0.4, 0.5) is 0 Å². The minimum Gasteiger partial charge on any atom is -0.314 e. The summed E-state index contributed by atoms with van der Waals surface area (Å²) >= 11 is 0. The molecule has 1 aromatic heterocycles. The second kappa shape index (κ2) is 4.93. The largest absolute Gasteiger partial charge is 0.314 e. The fourth-order valence-electron chi connectivity index (χ4n) is 2.33. The molecule has 1 N–H and O–H groups in total. The van der Waals surface area contributed by atoms with Gasteiger partial charge in [0, 0.05) is 50.0 Å². The highest BCUT2D eigenvalue weighted by molar-refractivity contribution is 5.07. The molecule has 1 aliphatic heterocycles. The van der Waals surface area contributed by atoms with Gasteiger partial charge in [0.2, 0.25) is 0 Å². The Kier molecular flexibility index (Phi) is 3.56. The summed E-state index contributed by atoms with van der Waals surface area (Å²) < 4.78 is 0. The van der Waals surface area contributed by atoms with Gasteiger partial charge in [-0.3, -0.25) is 9.88 Å². The van der Waals surface area contributed by atoms with Crippen LogP contribution in [0, 0.1) is 0 Å². The van der Waals surface area contributed by atoms with Crippen molar-refractivity contribution in [2.45, 2.75) is 25.8 Å². The van der Waals surface area contributed by atoms with Crippen molar-refractivity contribution in [1.82, 2.24) is 15.2 Å². The minimum absolute atomic E-state index is 0.205. The quantitative estimate of drug-likeness (QED) is 0.831. The van der Waals surface area contributed by atoms with Gasteiger partial charge in [-0.05, 0) is 26.0 Å². The molecule has 1 aliphatic rings. The van der Waals surface area contributed by atoms with Gasteiger partial charge in [-0.15, -0.1) is 0 Å². The van der Waals surface area contributed by atoms with E-state index in [0.29, 0.717) is 0 Å². The van der Waals surface area contributed by atoms with Crippen molar-refractivity contribution in [2.24, 2.45) is 0 Å². The Morgan fingerprint density at radius 2 is 2.06 bits per heavy atom. The zero-order chi connectivity index (χ0) is 11.4. The van der Waals surface area contributed by atoms with Crippen molar-refractivity contribution < 1.29 is 0 Å². The highest BCUT2D eigenvalue weighted by Gasteiger charge is 2.28. The van der Waals surface area contributed by atoms with Gasteiger partial charge in [0.05, 0.1) is 0 Å². The maximum atomic E-state index is 4.42. The van der Waals surface area contributed by atoms with Crippen LogP contribution in [0.5, 0.6) is 0 Å². The molecule has 0 radical (unpaired) electrons. The fourth-order valence-corrected chi connectivity index (χ4v) is 2.33. The first kappa shape index (κ1) is 11.6. The summed E-state index contributed by atoms with van der Waals surface area (Å²) in [6.45, 7) is 9.11. The first-order chi connectivity index (χ1) is 7.68. The lowest BCUT2D eigenvalue weighted by atomic mass is 9.95. The summed E-state index contributed by atoms with van der Waals surface area (Å²) in [4.78, 5) is 6.97. The van der Waals surface area contributed by atoms with Crippen LogP contribution < -0.4 is 5.32 Å². The van der Waals surface area contributed by atoms with Crippen LogP contribution in [-0.2, 0) is 6.42 Å². The monoisotopic (exact) mass is 219 g/mol. The third-order valence-corrected chi connectivity index (χ3v) is 3.31. The molecule has 1 fully saturated rings. The Morgan fingerprint density at radius 3 is 2.69 bits per heavy atom. The lowest BCUT2D eigenvalue weighted by Gasteiger charge is -2.41. The molecule has 1 aromatic rings. The molecule has 0 unspecified atom stereocenters. The minimum atomic E-state index is 0.205. The topological polar surface area (TPSA) is 28.2 Å². The molecular weight excluding hydrogens is 198 g/mol. The van der Waals surface area contributed by atoms with Gasteiger partial charge < -0.3 is 5.32 Å². The van der Waals surface area contributed by atoms with Crippen molar-refractivity contribution in [2.75, 3.05) is 26.2 Å². The summed E-state index contributed by atoms with van der Waals surface area (Å²) in [5.74, 6) is 0. The standard InChI is InChI=1S/C13H21N3/c1-13(2,16-9-7-14-8-10-16)11-12-5-3-4-6-15-12/h3-6,14H,7-11H2,1-2H3. The highest BCUT2D eigenvalue weighted by Crippen LogP contribution is 2.19. The summed E-state index contributed by atoms with van der Waals surface area (Å²) in [7, 11) is 0. The van der Waals surface area contributed by atoms with Crippen LogP contribution in [0.15, 0.2) is 24.4 Å². The second-order valence-electron chi connectivity index (χ2n) is 5.05. The predicted octanol–water partition coefficient (Wildman–Crippen LogP) is 1.31. The van der Waals surface area contributed by atoms with E-state index in [9.17, 15) is 0 Å². The van der Waals surface area contributed by atoms with Crippen molar-refractivity contribution in [3.63, 3.8) is 0 Å². The van der Waals surface area contributed by atoms with E-state index in [1.54, 1.807) is 0 Å². The predicted molar refractivity (Wildman–Crippen MR) is 66.5 cm³/mol. The number of pyridine rings is 1. The summed E-state index contributed by atoms with van der Waals surface area (Å²) in [5, 5.41) is 3.39. The summed E-state index contributed by atoms with van der Waals surface area (Å²) in [5.41, 5.74) is 1.39. The number of nitrogens with one attached hydrogen (secondary N) is 1. The average Bonchev–Trinajstić information content (AvgIpc) is 2.31. The van der Waals surface area contributed by atoms with Crippen LogP contribution in [0.2, 0.25) is 0 Å². The van der Waals surface area contributed by atoms with E-state index in [1.165, 1.54) is 5.69 Å². The van der Waals surface area contributed by atoms with Gasteiger partial charge >= 0.3 is 0 Å². The van der Waals surface area contributed by atoms with E-state index in [1.807, 2.05) is 12.3 Å². The summed E-state index contributed by atoms with van der Waals surface area (Å²) in [6, 6.07) is 6.15. The molecule has 3 heteroatoms. The van der Waals surface area contributed by atoms with Crippen LogP contribution in [0.1, 0.15) is 19.5 Å². The number of piperazine rings is 1. The average molecular weight is 219 g/mol. The fraction of sp³-hybridized carbons (Fsp3) is 0.615. The third-order valence-electron chi connectivity index (χ3n) is 3.31. The molecule has 0 bridgehead atoms. The van der Waals surface area contributed by atoms with Gasteiger partial charge in [0.25, 0.3) is 0 Å². The van der Waals surface area contributed by atoms with Crippen LogP contribution in [-0.4, -0.2) is 41.6 Å². The molecule has 0 amide bonds. The lowest BCUT2D eigenvalue weighted by molar-refractivity contribution is 0.103. The van der Waals surface area contributed by atoms with Crippen molar-refractivity contribution >= 4 is 0 Å². The Labute approximate surface area is 97.9 Å². The van der Waals surface area contributed by atoms with Gasteiger partial charge in [0.1, 0.15) is 0 Å². The Morgan fingerprint density at radius 1 is 1.31 bits per heavy atom. The maximum absolute atomic E-state index is 4.42. The molecule has 0 spiro atoms. The number of rotatable bonds is 3. The van der Waals surface area contributed by atoms with E-state index in [0.717, 1.165) is 32.6 Å². The lowest BCUT2D eigenvalue weighted by Crippen LogP contribution is -2.54. The van der Waals surface area contributed by atoms with Gasteiger partial charge in [-0.25, -0.2) is 0 Å². The summed E-state index contributed by atoms with van der Waals surface area (Å²) in [6.07, 6.45) is 2.90. The Bertz CT molecular complexity index is 315. The molecule has 2 rings (SSSR count). The van der Waals surface area contributed by atoms with Crippen molar-refractivity contribution in [3.8, 4) is 0 Å². The van der Waals surface area contributed by atoms with Crippen LogP contribution in [0.25, 0.3) is 0 Å². The van der Waals surface area contributed by atoms with E-state index >= 15 is 0 Å². The second-order valence-corrected chi connectivity index (χ2v) is 5.05.